The molecule has 1 aromatic carbocycles. The van der Waals surface area contributed by atoms with Crippen molar-refractivity contribution in [3.05, 3.63) is 65.5 Å². The van der Waals surface area contributed by atoms with Gasteiger partial charge in [0.25, 0.3) is 5.91 Å². The van der Waals surface area contributed by atoms with E-state index in [0.717, 1.165) is 43.4 Å². The molecule has 35 heavy (non-hydrogen) atoms. The molecule has 4 rings (SSSR count). The lowest BCUT2D eigenvalue weighted by atomic mass is 10.2. The predicted octanol–water partition coefficient (Wildman–Crippen LogP) is 2.20. The van der Waals surface area contributed by atoms with Crippen LogP contribution in [-0.2, 0) is 38.0 Å². The van der Waals surface area contributed by atoms with Crippen molar-refractivity contribution in [1.29, 1.82) is 0 Å². The minimum Gasteiger partial charge on any atom is -0.497 e. The topological polar surface area (TPSA) is 115 Å². The van der Waals surface area contributed by atoms with E-state index in [9.17, 15) is 18.0 Å². The van der Waals surface area contributed by atoms with Gasteiger partial charge in [-0.2, -0.15) is 18.3 Å². The molecule has 0 bridgehead atoms. The Morgan fingerprint density at radius 3 is 2.43 bits per heavy atom. The zero-order valence-corrected chi connectivity index (χ0v) is 19.1. The summed E-state index contributed by atoms with van der Waals surface area (Å²) in [5.41, 5.74) is 2.68. The van der Waals surface area contributed by atoms with Gasteiger partial charge in [0.15, 0.2) is 0 Å². The third kappa shape index (κ3) is 7.30. The van der Waals surface area contributed by atoms with Gasteiger partial charge in [-0.3, -0.25) is 14.4 Å². The van der Waals surface area contributed by atoms with Crippen molar-refractivity contribution in [2.45, 2.75) is 32.4 Å². The number of carboxylic acids is 1. The number of nitrogens with one attached hydrogen (secondary N) is 1. The van der Waals surface area contributed by atoms with E-state index in [4.69, 9.17) is 19.6 Å². The molecule has 0 radical (unpaired) electrons. The Balaban J connectivity index is 0.000000429. The molecule has 0 aliphatic carbocycles. The Kier molecular flexibility index (Phi) is 8.12. The molecule has 0 fully saturated rings. The highest BCUT2D eigenvalue weighted by molar-refractivity contribution is 5.93. The van der Waals surface area contributed by atoms with Crippen molar-refractivity contribution in [3.8, 4) is 5.75 Å². The molecule has 2 N–H and O–H groups in total. The molecular weight excluding hydrogens is 469 g/mol. The van der Waals surface area contributed by atoms with Crippen molar-refractivity contribution in [2.24, 2.45) is 7.05 Å². The lowest BCUT2D eigenvalue weighted by Gasteiger charge is -2.27. The number of carbonyl (C=O) groups is 2. The second kappa shape index (κ2) is 11.0. The fourth-order valence-electron chi connectivity index (χ4n) is 3.38. The fraction of sp³-hybridized carbons (Fsp3) is 0.364. The van der Waals surface area contributed by atoms with Gasteiger partial charge in [-0.15, -0.1) is 0 Å². The van der Waals surface area contributed by atoms with Crippen molar-refractivity contribution >= 4 is 11.9 Å². The van der Waals surface area contributed by atoms with Crippen LogP contribution in [0.2, 0.25) is 0 Å². The first-order valence-corrected chi connectivity index (χ1v) is 10.5. The number of hydrogen-bond acceptors (Lipinski definition) is 6. The molecule has 0 saturated carbocycles. The van der Waals surface area contributed by atoms with Crippen LogP contribution in [0.5, 0.6) is 5.75 Å². The van der Waals surface area contributed by atoms with E-state index in [2.05, 4.69) is 32.0 Å². The Hall–Kier alpha value is -3.87. The van der Waals surface area contributed by atoms with Crippen LogP contribution in [0.3, 0.4) is 0 Å². The van der Waals surface area contributed by atoms with E-state index in [1.165, 1.54) is 5.56 Å². The second-order valence-electron chi connectivity index (χ2n) is 7.79. The Morgan fingerprint density at radius 1 is 1.17 bits per heavy atom. The number of aliphatic carboxylic acids is 1. The molecule has 0 unspecified atom stereocenters. The van der Waals surface area contributed by atoms with E-state index >= 15 is 0 Å². The summed E-state index contributed by atoms with van der Waals surface area (Å²) in [5.74, 6) is -0.992. The number of ether oxygens (including phenoxy) is 1. The van der Waals surface area contributed by atoms with Crippen LogP contribution >= 0.6 is 0 Å². The maximum atomic E-state index is 12.2. The van der Waals surface area contributed by atoms with E-state index in [0.29, 0.717) is 12.1 Å². The minimum atomic E-state index is -5.08. The summed E-state index contributed by atoms with van der Waals surface area (Å²) in [4.78, 5) is 28.1. The van der Waals surface area contributed by atoms with Crippen LogP contribution in [0.15, 0.2) is 42.9 Å². The molecule has 188 valence electrons. The normalized spacial score (nSPS) is 13.4. The van der Waals surface area contributed by atoms with Crippen LogP contribution in [0.25, 0.3) is 0 Å². The third-order valence-electron chi connectivity index (χ3n) is 5.14. The quantitative estimate of drug-likeness (QED) is 0.540. The lowest BCUT2D eigenvalue weighted by molar-refractivity contribution is -0.192. The number of halogens is 3. The molecule has 13 heteroatoms. The molecule has 0 spiro atoms. The SMILES string of the molecule is COc1ccc(CN2CCn3cc(CNC(=O)c4cnn(C)c4)nc3C2)cc1.O=C(O)C(F)(F)F. The number of hydrogen-bond donors (Lipinski definition) is 2. The number of carboxylic acid groups (broad SMARTS) is 1. The average molecular weight is 494 g/mol. The summed E-state index contributed by atoms with van der Waals surface area (Å²) < 4.78 is 40.7. The van der Waals surface area contributed by atoms with Gasteiger partial charge < -0.3 is 19.7 Å². The van der Waals surface area contributed by atoms with Crippen molar-refractivity contribution < 1.29 is 32.6 Å². The largest absolute Gasteiger partial charge is 0.497 e. The van der Waals surface area contributed by atoms with Gasteiger partial charge in [-0.1, -0.05) is 12.1 Å². The van der Waals surface area contributed by atoms with Gasteiger partial charge in [-0.25, -0.2) is 9.78 Å². The molecule has 3 heterocycles. The highest BCUT2D eigenvalue weighted by Gasteiger charge is 2.38. The summed E-state index contributed by atoms with van der Waals surface area (Å²) in [6.07, 6.45) is 0.207. The summed E-state index contributed by atoms with van der Waals surface area (Å²) in [6.45, 7) is 3.95. The van der Waals surface area contributed by atoms with Crippen molar-refractivity contribution in [2.75, 3.05) is 13.7 Å². The Labute approximate surface area is 198 Å². The zero-order chi connectivity index (χ0) is 25.6. The lowest BCUT2D eigenvalue weighted by Crippen LogP contribution is -2.33. The number of amides is 1. The predicted molar refractivity (Wildman–Crippen MR) is 117 cm³/mol. The van der Waals surface area contributed by atoms with Crippen molar-refractivity contribution in [1.82, 2.24) is 29.5 Å². The van der Waals surface area contributed by atoms with Crippen LogP contribution in [0, 0.1) is 0 Å². The maximum Gasteiger partial charge on any atom is 0.490 e. The number of imidazole rings is 1. The van der Waals surface area contributed by atoms with E-state index < -0.39 is 12.1 Å². The van der Waals surface area contributed by atoms with Gasteiger partial charge in [0.2, 0.25) is 0 Å². The fourth-order valence-corrected chi connectivity index (χ4v) is 3.38. The van der Waals surface area contributed by atoms with Gasteiger partial charge in [0, 0.05) is 39.1 Å². The van der Waals surface area contributed by atoms with E-state index in [1.54, 1.807) is 31.2 Å². The first kappa shape index (κ1) is 25.7. The monoisotopic (exact) mass is 494 g/mol. The maximum absolute atomic E-state index is 12.2. The molecule has 0 atom stereocenters. The summed E-state index contributed by atoms with van der Waals surface area (Å²) in [6, 6.07) is 8.17. The van der Waals surface area contributed by atoms with Crippen LogP contribution in [0.4, 0.5) is 13.2 Å². The zero-order valence-electron chi connectivity index (χ0n) is 19.1. The molecule has 3 aromatic rings. The Bertz CT molecular complexity index is 1160. The number of methoxy groups -OCH3 is 1. The van der Waals surface area contributed by atoms with Crippen LogP contribution in [0.1, 0.15) is 27.4 Å². The molecule has 2 aromatic heterocycles. The van der Waals surface area contributed by atoms with E-state index in [-0.39, 0.29) is 5.91 Å². The number of carbonyl (C=O) groups excluding carboxylic acids is 1. The number of aryl methyl sites for hydroxylation is 1. The molecule has 10 nitrogen and oxygen atoms in total. The third-order valence-corrected chi connectivity index (χ3v) is 5.14. The first-order valence-electron chi connectivity index (χ1n) is 10.5. The van der Waals surface area contributed by atoms with Crippen LogP contribution < -0.4 is 10.1 Å². The van der Waals surface area contributed by atoms with Gasteiger partial charge in [0.05, 0.1) is 37.7 Å². The number of fused-ring (bicyclic) bond motifs is 1. The molecular formula is C22H25F3N6O4. The number of aromatic nitrogens is 4. The summed E-state index contributed by atoms with van der Waals surface area (Å²) in [7, 11) is 3.47. The standard InChI is InChI=1S/C20H24N6O2.C2HF3O2/c1-24-12-16(9-22-24)20(27)21-10-17-13-26-8-7-25(14-19(26)23-17)11-15-3-5-18(28-2)6-4-15;3-2(4,5)1(6)7/h3-6,9,12-13H,7-8,10-11,14H2,1-2H3,(H,21,27);(H,6,7). The molecule has 1 aliphatic rings. The minimum absolute atomic E-state index is 0.139. The number of alkyl halides is 3. The first-order chi connectivity index (χ1) is 16.5. The number of rotatable bonds is 6. The Morgan fingerprint density at radius 2 is 1.86 bits per heavy atom. The summed E-state index contributed by atoms with van der Waals surface area (Å²) >= 11 is 0. The summed E-state index contributed by atoms with van der Waals surface area (Å²) in [5, 5.41) is 14.1. The van der Waals surface area contributed by atoms with Gasteiger partial charge in [0.1, 0.15) is 11.6 Å². The van der Waals surface area contributed by atoms with Gasteiger partial charge >= 0.3 is 12.1 Å². The smallest absolute Gasteiger partial charge is 0.490 e. The van der Waals surface area contributed by atoms with Crippen molar-refractivity contribution in [3.63, 3.8) is 0 Å². The highest BCUT2D eigenvalue weighted by atomic mass is 19.4. The van der Waals surface area contributed by atoms with Crippen LogP contribution in [-0.4, -0.2) is 61.0 Å². The second-order valence-corrected chi connectivity index (χ2v) is 7.79. The molecule has 0 saturated heterocycles. The van der Waals surface area contributed by atoms with Gasteiger partial charge in [-0.05, 0) is 17.7 Å². The number of benzene rings is 1. The highest BCUT2D eigenvalue weighted by Crippen LogP contribution is 2.18. The van der Waals surface area contributed by atoms with E-state index in [1.807, 2.05) is 18.3 Å². The molecule has 1 amide bonds. The number of nitrogens with zero attached hydrogens (tertiary/aromatic N) is 5. The molecule has 1 aliphatic heterocycles. The average Bonchev–Trinajstić information content (AvgIpc) is 3.43.